The second-order valence-electron chi connectivity index (χ2n) is 17.9. The van der Waals surface area contributed by atoms with E-state index in [1.807, 2.05) is 13.8 Å². The van der Waals surface area contributed by atoms with Crippen LogP contribution in [0, 0.1) is 10.7 Å². The average molecular weight is 1560 g/mol. The van der Waals surface area contributed by atoms with Crippen molar-refractivity contribution in [2.24, 2.45) is 5.73 Å². The molecule has 0 saturated heterocycles. The van der Waals surface area contributed by atoms with Gasteiger partial charge >= 0.3 is 49.4 Å². The number of benzene rings is 4. The van der Waals surface area contributed by atoms with Crippen molar-refractivity contribution in [1.29, 1.82) is 5.26 Å². The summed E-state index contributed by atoms with van der Waals surface area (Å²) in [6.07, 6.45) is -37.8. The normalized spacial score (nSPS) is 12.5. The van der Waals surface area contributed by atoms with Crippen molar-refractivity contribution < 1.29 is 122 Å². The van der Waals surface area contributed by atoms with Gasteiger partial charge in [-0.3, -0.25) is 0 Å². The number of nitrogens with zero attached hydrogens (tertiary/aromatic N) is 3. The van der Waals surface area contributed by atoms with Crippen molar-refractivity contribution in [2.75, 3.05) is 54.4 Å². The van der Waals surface area contributed by atoms with Crippen molar-refractivity contribution >= 4 is 92.3 Å². The van der Waals surface area contributed by atoms with Crippen LogP contribution < -0.4 is 10.5 Å². The number of sulfonamides is 1. The number of thioether (sulfide) groups is 1. The summed E-state index contributed by atoms with van der Waals surface area (Å²) in [6, 6.07) is 4.07. The van der Waals surface area contributed by atoms with Crippen LogP contribution in [0.15, 0.2) is 72.8 Å². The van der Waals surface area contributed by atoms with E-state index in [-0.39, 0.29) is 53.0 Å². The van der Waals surface area contributed by atoms with Gasteiger partial charge in [0.1, 0.15) is 5.40 Å². The molecule has 3 N–H and O–H groups in total. The van der Waals surface area contributed by atoms with E-state index in [0.29, 0.717) is 73.3 Å². The van der Waals surface area contributed by atoms with Crippen molar-refractivity contribution in [1.82, 2.24) is 14.5 Å². The van der Waals surface area contributed by atoms with Crippen LogP contribution in [0.5, 0.6) is 0 Å². The first-order chi connectivity index (χ1) is 40.8. The van der Waals surface area contributed by atoms with Crippen LogP contribution in [0.1, 0.15) is 93.5 Å². The molecule has 0 amide bonds. The van der Waals surface area contributed by atoms with Crippen LogP contribution in [0.25, 0.3) is 0 Å². The highest BCUT2D eigenvalue weighted by Crippen LogP contribution is 2.41. The molecule has 524 valence electrons. The maximum Gasteiger partial charge on any atom is 0.416 e. The van der Waals surface area contributed by atoms with E-state index in [1.54, 1.807) is 24.4 Å². The number of thiocyanates is 1. The van der Waals surface area contributed by atoms with Gasteiger partial charge in [0.2, 0.25) is 19.1 Å². The van der Waals surface area contributed by atoms with E-state index in [1.165, 1.54) is 0 Å². The SMILES string of the molecule is CC.CN(C)CCCN.CN(C)CCCNS(=O)(=O)Cc1cc(C(F)(F)F)cc(C(F)(F)F)c1.ClC(Cl)Cl.FC(F)(F)c1cc(CBr)cc(C(F)(F)F)c1.N#CSCc1cc(C(F)(F)F)cc(C(F)(F)F)c1.O=S(=O)(Cl)Cc1cc(C(F)(F)F)cc(C(F)(F)F)c1. The maximum absolute atomic E-state index is 12.8. The molecule has 0 aliphatic carbocycles. The first kappa shape index (κ1) is 91.6. The van der Waals surface area contributed by atoms with Crippen molar-refractivity contribution in [3.8, 4) is 5.40 Å². The molecule has 9 nitrogen and oxygen atoms in total. The van der Waals surface area contributed by atoms with Crippen LogP contribution in [0.2, 0.25) is 0 Å². The van der Waals surface area contributed by atoms with Crippen molar-refractivity contribution in [2.45, 2.75) is 103 Å². The van der Waals surface area contributed by atoms with E-state index >= 15 is 0 Å². The lowest BCUT2D eigenvalue weighted by Crippen LogP contribution is -2.28. The summed E-state index contributed by atoms with van der Waals surface area (Å²) in [5.74, 6) is -2.33. The number of nitrogens with two attached hydrogens (primary N) is 1. The van der Waals surface area contributed by atoms with Gasteiger partial charge in [0.25, 0.3) is 0 Å². The summed E-state index contributed by atoms with van der Waals surface area (Å²) in [5.41, 5.74) is -7.86. The third-order valence-corrected chi connectivity index (χ3v) is 13.3. The molecule has 0 spiro atoms. The molecule has 0 aromatic heterocycles. The Labute approximate surface area is 539 Å². The Bertz CT molecular complexity index is 2950. The Balaban J connectivity index is -0.00000107. The first-order valence-electron chi connectivity index (χ1n) is 24.3. The molecule has 0 fully saturated rings. The lowest BCUT2D eigenvalue weighted by atomic mass is 10.1. The fourth-order valence-corrected chi connectivity index (χ4v) is 8.85. The zero-order valence-corrected chi connectivity index (χ0v) is 54.4. The zero-order valence-electron chi connectivity index (χ0n) is 47.3. The van der Waals surface area contributed by atoms with E-state index in [9.17, 15) is 122 Å². The van der Waals surface area contributed by atoms with Gasteiger partial charge < -0.3 is 15.5 Å². The molecule has 91 heavy (non-hydrogen) atoms. The minimum Gasteiger partial charge on any atom is -0.330 e. The van der Waals surface area contributed by atoms with Gasteiger partial charge in [-0.25, -0.2) is 21.6 Å². The van der Waals surface area contributed by atoms with Crippen LogP contribution in [-0.4, -0.2) is 85.3 Å². The molecular weight excluding hydrogens is 1510 g/mol. The molecule has 0 aliphatic rings. The number of hydrogen-bond donors (Lipinski definition) is 2. The van der Waals surface area contributed by atoms with E-state index in [0.717, 1.165) is 19.5 Å². The molecule has 0 radical (unpaired) electrons. The molecule has 0 heterocycles. The zero-order chi connectivity index (χ0) is 72.3. The largest absolute Gasteiger partial charge is 0.416 e. The summed E-state index contributed by atoms with van der Waals surface area (Å²) in [5, 5.41) is 9.77. The topological polar surface area (TPSA) is 137 Å². The third kappa shape index (κ3) is 42.5. The molecular formula is C50H54BrCl4F24N5O4S3. The van der Waals surface area contributed by atoms with Gasteiger partial charge in [-0.05, 0) is 167 Å². The molecule has 0 unspecified atom stereocenters. The summed E-state index contributed by atoms with van der Waals surface area (Å²) < 4.78 is 346. The molecule has 41 heteroatoms. The van der Waals surface area contributed by atoms with Gasteiger partial charge in [0.15, 0.2) is 4.30 Å². The maximum atomic E-state index is 12.8. The predicted molar refractivity (Wildman–Crippen MR) is 303 cm³/mol. The first-order valence-corrected chi connectivity index (χ1v) is 31.8. The lowest BCUT2D eigenvalue weighted by Gasteiger charge is -2.15. The molecule has 4 aromatic carbocycles. The average Bonchev–Trinajstić information content (AvgIpc) is 0.870. The van der Waals surface area contributed by atoms with Gasteiger partial charge in [0, 0.05) is 28.3 Å². The van der Waals surface area contributed by atoms with Crippen molar-refractivity contribution in [3.63, 3.8) is 0 Å². The highest BCUT2D eigenvalue weighted by Gasteiger charge is 2.41. The number of rotatable bonds is 15. The minimum atomic E-state index is -5.02. The molecule has 0 aliphatic heterocycles. The number of hydrogen-bond acceptors (Lipinski definition) is 9. The van der Waals surface area contributed by atoms with E-state index in [4.69, 9.17) is 56.5 Å². The molecule has 4 rings (SSSR count). The summed E-state index contributed by atoms with van der Waals surface area (Å²) in [4.78, 5) is 3.93. The van der Waals surface area contributed by atoms with Crippen LogP contribution in [-0.2, 0) is 91.1 Å². The predicted octanol–water partition coefficient (Wildman–Crippen LogP) is 18.9. The Morgan fingerprint density at radius 2 is 0.725 bits per heavy atom. The smallest absolute Gasteiger partial charge is 0.330 e. The fourth-order valence-electron chi connectivity index (χ4n) is 6.02. The quantitative estimate of drug-likeness (QED) is 0.0392. The van der Waals surface area contributed by atoms with E-state index < -0.39 is 140 Å². The number of halogens is 29. The lowest BCUT2D eigenvalue weighted by molar-refractivity contribution is -0.144. The van der Waals surface area contributed by atoms with Gasteiger partial charge in [-0.2, -0.15) is 111 Å². The fraction of sp³-hybridized carbons (Fsp3) is 0.500. The molecule has 0 bridgehead atoms. The van der Waals surface area contributed by atoms with Gasteiger partial charge in [-0.15, -0.1) is 0 Å². The van der Waals surface area contributed by atoms with E-state index in [2.05, 4.69) is 39.6 Å². The number of alkyl halides is 28. The Morgan fingerprint density at radius 1 is 0.484 bits per heavy atom. The van der Waals surface area contributed by atoms with Crippen molar-refractivity contribution in [3.05, 3.63) is 140 Å². The van der Waals surface area contributed by atoms with Gasteiger partial charge in [-0.1, -0.05) is 64.6 Å². The van der Waals surface area contributed by atoms with Crippen LogP contribution >= 0.6 is 73.2 Å². The third-order valence-electron chi connectivity index (χ3n) is 9.66. The summed E-state index contributed by atoms with van der Waals surface area (Å²) >= 11 is 17.8. The molecule has 0 atom stereocenters. The summed E-state index contributed by atoms with van der Waals surface area (Å²) in [6.45, 7) is 6.52. The highest BCUT2D eigenvalue weighted by molar-refractivity contribution is 9.08. The summed E-state index contributed by atoms with van der Waals surface area (Å²) in [7, 11) is 4.14. The van der Waals surface area contributed by atoms with Crippen LogP contribution in [0.3, 0.4) is 0 Å². The highest BCUT2D eigenvalue weighted by atomic mass is 79.9. The Morgan fingerprint density at radius 3 is 0.934 bits per heavy atom. The Hall–Kier alpha value is -3.58. The van der Waals surface area contributed by atoms with Gasteiger partial charge in [0.05, 0.1) is 56.0 Å². The monoisotopic (exact) mass is 1560 g/mol. The van der Waals surface area contributed by atoms with Crippen LogP contribution in [0.4, 0.5) is 105 Å². The second kappa shape index (κ2) is 39.5. The molecule has 0 saturated carbocycles. The second-order valence-corrected chi connectivity index (χ2v) is 25.7. The number of nitriles is 1. The number of nitrogens with one attached hydrogen (secondary N) is 1. The Kier molecular flexibility index (Phi) is 39.7. The standard InChI is InChI=1S/C14H18F6N2O2S.C10H5F6NS.C9H5BrF6.C9H5ClF6O2S.C5H14N2.C2H6.CHCl3/c1-22(2)5-3-4-21-25(23,24)9-10-6-11(13(15,16)17)8-12(7-10)14(18,19)20;11-9(12,13)7-1-6(4-18-5-17)2-8(3-7)10(14,15)16;10-4-5-1-6(8(11,12)13)3-7(2-5)9(14,15)16;10-19(17,18)4-5-1-6(8(11,12)13)3-7(2-5)9(14,15)16;1-7(2)5-3-4-6;1-2;2-1(3)4/h6-8,21H,3-5,9H2,1-2H3;1-3H,4H2;1-3H,4H2;1-3H,4H2;3-6H2,1-2H3;1-2H3;1H. The minimum absolute atomic E-state index is 0.0333. The molecule has 4 aromatic rings.